The quantitative estimate of drug-likeness (QED) is 0.597. The van der Waals surface area contributed by atoms with E-state index in [0.717, 1.165) is 6.07 Å². The van der Waals surface area contributed by atoms with E-state index >= 15 is 0 Å². The Morgan fingerprint density at radius 3 is 2.55 bits per heavy atom. The second-order valence-corrected chi connectivity index (χ2v) is 9.48. The van der Waals surface area contributed by atoms with Gasteiger partial charge in [-0.05, 0) is 32.0 Å². The number of aromatic nitrogens is 1. The molecule has 3 atom stereocenters. The molecule has 2 heterocycles. The molecule has 1 aliphatic heterocycles. The summed E-state index contributed by atoms with van der Waals surface area (Å²) in [6.45, 7) is 4.20. The molecule has 0 bridgehead atoms. The van der Waals surface area contributed by atoms with Gasteiger partial charge in [0.25, 0.3) is 12.3 Å². The Morgan fingerprint density at radius 2 is 1.97 bits per heavy atom. The lowest BCUT2D eigenvalue weighted by Gasteiger charge is -2.46. The summed E-state index contributed by atoms with van der Waals surface area (Å²) in [4.78, 5) is 20.5. The minimum absolute atomic E-state index is 0.00290. The van der Waals surface area contributed by atoms with E-state index in [9.17, 15) is 22.4 Å². The molecule has 1 amide bonds. The summed E-state index contributed by atoms with van der Waals surface area (Å²) in [5.41, 5.74) is 3.80. The van der Waals surface area contributed by atoms with Crippen LogP contribution in [0.3, 0.4) is 0 Å². The fourth-order valence-corrected chi connectivity index (χ4v) is 4.78. The fraction of sp³-hybridized carbons (Fsp3) is 0.350. The smallest absolute Gasteiger partial charge is 0.274 e. The molecule has 1 aliphatic rings. The molecule has 166 valence electrons. The summed E-state index contributed by atoms with van der Waals surface area (Å²) in [5, 5.41) is 2.58. The highest BCUT2D eigenvalue weighted by molar-refractivity contribution is 8.15. The van der Waals surface area contributed by atoms with Gasteiger partial charge in [-0.25, -0.2) is 22.5 Å². The average molecular weight is 475 g/mol. The van der Waals surface area contributed by atoms with Crippen LogP contribution in [0.2, 0.25) is 5.02 Å². The monoisotopic (exact) mass is 474 g/mol. The first-order valence-corrected chi connectivity index (χ1v) is 10.3. The lowest BCUT2D eigenvalue weighted by molar-refractivity contribution is 0.0571. The number of anilines is 1. The molecule has 0 saturated heterocycles. The van der Waals surface area contributed by atoms with E-state index in [1.54, 1.807) is 0 Å². The van der Waals surface area contributed by atoms with Crippen LogP contribution in [0, 0.1) is 17.6 Å². The van der Waals surface area contributed by atoms with E-state index in [0.29, 0.717) is 16.8 Å². The number of rotatable bonds is 4. The number of nitrogens with zero attached hydrogens (tertiary/aromatic N) is 2. The Hall–Kier alpha value is -2.33. The standard InChI is InChI=1S/C20H19ClF4N4OS/c1-9-19(2,29-18(26)31-20(9,3)17(24)25)12-6-11(7-13(22)15(12)23)28-16(30)14-5-4-10(21)8-27-14/h4-9,17H,1-3H3,(H2,26,29)(H,28,30)/t9-,19-,20-/m0/s1. The van der Waals surface area contributed by atoms with Gasteiger partial charge in [0.1, 0.15) is 5.69 Å². The molecule has 0 radical (unpaired) electrons. The van der Waals surface area contributed by atoms with Gasteiger partial charge in [0, 0.05) is 29.4 Å². The van der Waals surface area contributed by atoms with Crippen molar-refractivity contribution in [2.75, 3.05) is 5.32 Å². The van der Waals surface area contributed by atoms with Crippen molar-refractivity contribution in [3.05, 3.63) is 58.4 Å². The number of alkyl halides is 2. The highest BCUT2D eigenvalue weighted by atomic mass is 35.5. The molecule has 3 N–H and O–H groups in total. The second-order valence-electron chi connectivity index (χ2n) is 7.54. The molecule has 1 aromatic carbocycles. The van der Waals surface area contributed by atoms with E-state index < -0.39 is 40.2 Å². The van der Waals surface area contributed by atoms with Crippen molar-refractivity contribution < 1.29 is 22.4 Å². The largest absolute Gasteiger partial charge is 0.378 e. The van der Waals surface area contributed by atoms with Crippen LogP contribution >= 0.6 is 23.4 Å². The van der Waals surface area contributed by atoms with E-state index in [2.05, 4.69) is 15.3 Å². The zero-order valence-electron chi connectivity index (χ0n) is 16.7. The van der Waals surface area contributed by atoms with Gasteiger partial charge in [-0.3, -0.25) is 9.79 Å². The number of hydrogen-bond donors (Lipinski definition) is 2. The second kappa shape index (κ2) is 8.31. The summed E-state index contributed by atoms with van der Waals surface area (Å²) >= 11 is 6.44. The van der Waals surface area contributed by atoms with Gasteiger partial charge < -0.3 is 11.1 Å². The first-order chi connectivity index (χ1) is 14.4. The van der Waals surface area contributed by atoms with Gasteiger partial charge in [-0.15, -0.1) is 0 Å². The number of aliphatic imine (C=N–C) groups is 1. The number of nitrogens with one attached hydrogen (secondary N) is 1. The van der Waals surface area contributed by atoms with Crippen molar-refractivity contribution in [1.29, 1.82) is 0 Å². The number of amidine groups is 1. The van der Waals surface area contributed by atoms with Crippen molar-refractivity contribution in [1.82, 2.24) is 4.98 Å². The average Bonchev–Trinajstić information content (AvgIpc) is 2.68. The number of hydrogen-bond acceptors (Lipinski definition) is 5. The zero-order chi connectivity index (χ0) is 23.1. The molecule has 0 aliphatic carbocycles. The molecule has 2 aromatic rings. The number of carbonyl (C=O) groups is 1. The summed E-state index contributed by atoms with van der Waals surface area (Å²) in [6.07, 6.45) is -1.54. The molecule has 3 rings (SSSR count). The van der Waals surface area contributed by atoms with E-state index in [4.69, 9.17) is 17.3 Å². The van der Waals surface area contributed by atoms with Crippen LogP contribution in [0.1, 0.15) is 36.8 Å². The fourth-order valence-electron chi connectivity index (χ4n) is 3.48. The Kier molecular flexibility index (Phi) is 6.25. The van der Waals surface area contributed by atoms with Crippen LogP contribution in [-0.2, 0) is 5.54 Å². The third kappa shape index (κ3) is 4.23. The molecule has 1 aromatic heterocycles. The summed E-state index contributed by atoms with van der Waals surface area (Å²) < 4.78 is 55.3. The molecule has 11 heteroatoms. The predicted octanol–water partition coefficient (Wildman–Crippen LogP) is 5.20. The van der Waals surface area contributed by atoms with E-state index in [-0.39, 0.29) is 22.1 Å². The highest BCUT2D eigenvalue weighted by Gasteiger charge is 2.54. The van der Waals surface area contributed by atoms with Gasteiger partial charge in [0.2, 0.25) is 0 Å². The van der Waals surface area contributed by atoms with Crippen LogP contribution < -0.4 is 11.1 Å². The summed E-state index contributed by atoms with van der Waals surface area (Å²) in [5.74, 6) is -4.14. The lowest BCUT2D eigenvalue weighted by Crippen LogP contribution is -2.52. The van der Waals surface area contributed by atoms with Gasteiger partial charge in [-0.1, -0.05) is 30.3 Å². The Labute approximate surface area is 185 Å². The number of nitrogens with two attached hydrogens (primary N) is 1. The number of amides is 1. The molecule has 0 saturated carbocycles. The summed E-state index contributed by atoms with van der Waals surface area (Å²) in [6, 6.07) is 4.77. The molecule has 0 spiro atoms. The number of benzene rings is 1. The molecular formula is C20H19ClF4N4OS. The highest BCUT2D eigenvalue weighted by Crippen LogP contribution is 2.53. The van der Waals surface area contributed by atoms with Crippen LogP contribution in [0.25, 0.3) is 0 Å². The third-order valence-electron chi connectivity index (χ3n) is 5.59. The van der Waals surface area contributed by atoms with Crippen molar-refractivity contribution in [3.8, 4) is 0 Å². The topological polar surface area (TPSA) is 80.4 Å². The van der Waals surface area contributed by atoms with Gasteiger partial charge in [0.05, 0.1) is 15.3 Å². The Balaban J connectivity index is 2.05. The minimum Gasteiger partial charge on any atom is -0.378 e. The van der Waals surface area contributed by atoms with E-state index in [1.807, 2.05) is 0 Å². The Morgan fingerprint density at radius 1 is 1.29 bits per heavy atom. The number of halogens is 5. The third-order valence-corrected chi connectivity index (χ3v) is 7.09. The van der Waals surface area contributed by atoms with Crippen molar-refractivity contribution in [2.24, 2.45) is 16.6 Å². The normalized spacial score (nSPS) is 26.0. The summed E-state index contributed by atoms with van der Waals surface area (Å²) in [7, 11) is 0. The maximum absolute atomic E-state index is 14.9. The molecular weight excluding hydrogens is 456 g/mol. The zero-order valence-corrected chi connectivity index (χ0v) is 18.3. The number of carbonyl (C=O) groups excluding carboxylic acids is 1. The molecule has 0 fully saturated rings. The maximum Gasteiger partial charge on any atom is 0.274 e. The van der Waals surface area contributed by atoms with Crippen molar-refractivity contribution in [2.45, 2.75) is 37.5 Å². The van der Waals surface area contributed by atoms with Crippen molar-refractivity contribution in [3.63, 3.8) is 0 Å². The van der Waals surface area contributed by atoms with Crippen LogP contribution in [0.15, 0.2) is 35.5 Å². The minimum atomic E-state index is -2.80. The molecule has 0 unspecified atom stereocenters. The van der Waals surface area contributed by atoms with Crippen LogP contribution in [0.4, 0.5) is 23.2 Å². The lowest BCUT2D eigenvalue weighted by atomic mass is 9.73. The Bertz CT molecular complexity index is 1050. The van der Waals surface area contributed by atoms with Crippen LogP contribution in [-0.4, -0.2) is 27.2 Å². The first kappa shape index (κ1) is 23.3. The molecule has 31 heavy (non-hydrogen) atoms. The van der Waals surface area contributed by atoms with Gasteiger partial charge >= 0.3 is 0 Å². The SMILES string of the molecule is C[C@H]1[C@@](C)(c2cc(NC(=O)c3ccc(Cl)cn3)cc(F)c2F)N=C(N)S[C@]1(C)C(F)F. The predicted molar refractivity (Wildman–Crippen MR) is 114 cm³/mol. The van der Waals surface area contributed by atoms with Crippen molar-refractivity contribution >= 4 is 40.1 Å². The molecule has 5 nitrogen and oxygen atoms in total. The maximum atomic E-state index is 14.9. The van der Waals surface area contributed by atoms with Crippen LogP contribution in [0.5, 0.6) is 0 Å². The van der Waals surface area contributed by atoms with E-state index in [1.165, 1.54) is 45.2 Å². The number of thioether (sulfide) groups is 1. The number of pyridine rings is 1. The van der Waals surface area contributed by atoms with Gasteiger partial charge in [-0.2, -0.15) is 0 Å². The van der Waals surface area contributed by atoms with Gasteiger partial charge in [0.15, 0.2) is 16.8 Å². The first-order valence-electron chi connectivity index (χ1n) is 9.13.